The third-order valence-corrected chi connectivity index (χ3v) is 4.12. The highest BCUT2D eigenvalue weighted by molar-refractivity contribution is 6.01. The summed E-state index contributed by atoms with van der Waals surface area (Å²) >= 11 is 0. The minimum absolute atomic E-state index is 0.0309. The molecule has 7 heteroatoms. The number of hydrogen-bond donors (Lipinski definition) is 2. The Morgan fingerprint density at radius 3 is 2.35 bits per heavy atom. The van der Waals surface area contributed by atoms with Crippen molar-refractivity contribution < 1.29 is 18.7 Å². The van der Waals surface area contributed by atoms with Gasteiger partial charge in [-0.05, 0) is 29.0 Å². The van der Waals surface area contributed by atoms with Crippen LogP contribution in [-0.2, 0) is 0 Å². The van der Waals surface area contributed by atoms with Crippen molar-refractivity contribution in [1.29, 1.82) is 0 Å². The molecular weight excluding hydrogens is 342 g/mol. The van der Waals surface area contributed by atoms with Crippen LogP contribution in [0.25, 0.3) is 33.1 Å². The number of halogens is 2. The van der Waals surface area contributed by atoms with Gasteiger partial charge in [0.05, 0.1) is 16.5 Å². The van der Waals surface area contributed by atoms with E-state index in [9.17, 15) is 23.5 Å². The molecule has 1 aromatic heterocycles. The lowest BCUT2D eigenvalue weighted by Gasteiger charge is -2.09. The molecule has 0 fully saturated rings. The number of hydrogen-bond acceptors (Lipinski definition) is 3. The van der Waals surface area contributed by atoms with Gasteiger partial charge in [0, 0.05) is 11.6 Å². The maximum Gasteiger partial charge on any atom is 0.336 e. The van der Waals surface area contributed by atoms with Crippen LogP contribution in [0.15, 0.2) is 53.3 Å². The van der Waals surface area contributed by atoms with Gasteiger partial charge in [0.15, 0.2) is 11.6 Å². The normalized spacial score (nSPS) is 11.2. The number of carbonyl (C=O) groups is 1. The summed E-state index contributed by atoms with van der Waals surface area (Å²) in [5, 5.41) is 10.9. The van der Waals surface area contributed by atoms with E-state index in [1.165, 1.54) is 6.07 Å². The van der Waals surface area contributed by atoms with Crippen molar-refractivity contribution in [3.8, 4) is 11.4 Å². The summed E-state index contributed by atoms with van der Waals surface area (Å²) in [5.74, 6) is -3.52. The summed E-state index contributed by atoms with van der Waals surface area (Å²) in [5.41, 5.74) is -0.630. The first-order valence-corrected chi connectivity index (χ1v) is 7.59. The molecule has 0 unspecified atom stereocenters. The number of aromatic nitrogens is 2. The summed E-state index contributed by atoms with van der Waals surface area (Å²) in [6.07, 6.45) is 0. The van der Waals surface area contributed by atoms with Crippen LogP contribution in [0.3, 0.4) is 0 Å². The average molecular weight is 352 g/mol. The van der Waals surface area contributed by atoms with Crippen molar-refractivity contribution >= 4 is 27.6 Å². The van der Waals surface area contributed by atoms with Gasteiger partial charge >= 0.3 is 5.97 Å². The zero-order valence-corrected chi connectivity index (χ0v) is 13.1. The molecule has 0 spiro atoms. The summed E-state index contributed by atoms with van der Waals surface area (Å²) in [7, 11) is 0. The number of carboxylic acids is 1. The van der Waals surface area contributed by atoms with E-state index in [-0.39, 0.29) is 27.9 Å². The SMILES string of the molecule is O=C(O)c1cc2ccccc2cc1-c1nc2cc(F)c(F)cc2c(=O)[nH]1. The van der Waals surface area contributed by atoms with Gasteiger partial charge in [-0.1, -0.05) is 24.3 Å². The van der Waals surface area contributed by atoms with Crippen LogP contribution in [0.2, 0.25) is 0 Å². The van der Waals surface area contributed by atoms with E-state index in [4.69, 9.17) is 0 Å². The third kappa shape index (κ3) is 2.50. The highest BCUT2D eigenvalue weighted by atomic mass is 19.2. The number of aromatic carboxylic acids is 1. The molecule has 128 valence electrons. The first-order valence-electron chi connectivity index (χ1n) is 7.59. The van der Waals surface area contributed by atoms with Crippen LogP contribution in [0.4, 0.5) is 8.78 Å². The zero-order chi connectivity index (χ0) is 18.4. The Kier molecular flexibility index (Phi) is 3.50. The maximum atomic E-state index is 13.5. The predicted octanol–water partition coefficient (Wildman–Crippen LogP) is 3.72. The first kappa shape index (κ1) is 15.9. The maximum absolute atomic E-state index is 13.5. The predicted molar refractivity (Wildman–Crippen MR) is 92.2 cm³/mol. The molecule has 1 heterocycles. The van der Waals surface area contributed by atoms with Gasteiger partial charge < -0.3 is 10.1 Å². The second-order valence-electron chi connectivity index (χ2n) is 5.75. The minimum Gasteiger partial charge on any atom is -0.478 e. The summed E-state index contributed by atoms with van der Waals surface area (Å²) in [6.45, 7) is 0. The van der Waals surface area contributed by atoms with Gasteiger partial charge in [-0.2, -0.15) is 0 Å². The Hall–Kier alpha value is -3.61. The molecule has 26 heavy (non-hydrogen) atoms. The lowest BCUT2D eigenvalue weighted by Crippen LogP contribution is -2.12. The Balaban J connectivity index is 2.06. The molecule has 2 N–H and O–H groups in total. The van der Waals surface area contributed by atoms with Crippen LogP contribution in [-0.4, -0.2) is 21.0 Å². The Morgan fingerprint density at radius 1 is 1.00 bits per heavy atom. The third-order valence-electron chi connectivity index (χ3n) is 4.12. The summed E-state index contributed by atoms with van der Waals surface area (Å²) < 4.78 is 26.9. The molecule has 0 aliphatic rings. The number of rotatable bonds is 2. The quantitative estimate of drug-likeness (QED) is 0.576. The molecule has 0 atom stereocenters. The number of aromatic amines is 1. The monoisotopic (exact) mass is 352 g/mol. The number of nitrogens with zero attached hydrogens (tertiary/aromatic N) is 1. The topological polar surface area (TPSA) is 83.0 Å². The Bertz CT molecular complexity index is 1270. The van der Waals surface area contributed by atoms with Crippen LogP contribution >= 0.6 is 0 Å². The van der Waals surface area contributed by atoms with E-state index in [0.717, 1.165) is 17.5 Å². The van der Waals surface area contributed by atoms with Crippen molar-refractivity contribution in [2.24, 2.45) is 0 Å². The van der Waals surface area contributed by atoms with E-state index in [2.05, 4.69) is 9.97 Å². The van der Waals surface area contributed by atoms with Crippen LogP contribution in [0.5, 0.6) is 0 Å². The Labute approximate surface area is 144 Å². The molecule has 0 saturated heterocycles. The van der Waals surface area contributed by atoms with E-state index in [1.54, 1.807) is 30.3 Å². The van der Waals surface area contributed by atoms with E-state index < -0.39 is 23.2 Å². The fourth-order valence-electron chi connectivity index (χ4n) is 2.87. The van der Waals surface area contributed by atoms with Gasteiger partial charge in [0.1, 0.15) is 5.82 Å². The fraction of sp³-hybridized carbons (Fsp3) is 0. The number of carboxylic acid groups (broad SMARTS) is 1. The average Bonchev–Trinajstić information content (AvgIpc) is 2.62. The largest absolute Gasteiger partial charge is 0.478 e. The molecule has 0 aliphatic carbocycles. The van der Waals surface area contributed by atoms with E-state index in [1.807, 2.05) is 0 Å². The fourth-order valence-corrected chi connectivity index (χ4v) is 2.87. The van der Waals surface area contributed by atoms with Crippen molar-refractivity contribution in [2.75, 3.05) is 0 Å². The second kappa shape index (κ2) is 5.73. The van der Waals surface area contributed by atoms with Crippen LogP contribution in [0.1, 0.15) is 10.4 Å². The molecule has 5 nitrogen and oxygen atoms in total. The van der Waals surface area contributed by atoms with Crippen LogP contribution < -0.4 is 5.56 Å². The van der Waals surface area contributed by atoms with Gasteiger partial charge in [-0.15, -0.1) is 0 Å². The lowest BCUT2D eigenvalue weighted by molar-refractivity contribution is 0.0698. The Morgan fingerprint density at radius 2 is 1.65 bits per heavy atom. The lowest BCUT2D eigenvalue weighted by atomic mass is 10.00. The number of benzene rings is 3. The summed E-state index contributed by atoms with van der Waals surface area (Å²) in [4.78, 5) is 30.5. The molecule has 4 aromatic rings. The molecule has 0 aliphatic heterocycles. The minimum atomic E-state index is -1.20. The van der Waals surface area contributed by atoms with Gasteiger partial charge in [-0.3, -0.25) is 4.79 Å². The standard InChI is InChI=1S/C19H10F2N2O3/c20-14-7-13-16(8-15(14)21)22-17(23-18(13)24)11-5-9-3-1-2-4-10(9)6-12(11)19(25)26/h1-8H,(H,25,26)(H,22,23,24). The van der Waals surface area contributed by atoms with Crippen molar-refractivity contribution in [3.63, 3.8) is 0 Å². The van der Waals surface area contributed by atoms with Crippen LogP contribution in [0, 0.1) is 11.6 Å². The first-order chi connectivity index (χ1) is 12.4. The smallest absolute Gasteiger partial charge is 0.336 e. The van der Waals surface area contributed by atoms with Gasteiger partial charge in [-0.25, -0.2) is 18.6 Å². The van der Waals surface area contributed by atoms with E-state index >= 15 is 0 Å². The van der Waals surface area contributed by atoms with Crippen molar-refractivity contribution in [2.45, 2.75) is 0 Å². The molecule has 0 saturated carbocycles. The zero-order valence-electron chi connectivity index (χ0n) is 13.1. The number of nitrogens with one attached hydrogen (secondary N) is 1. The van der Waals surface area contributed by atoms with Gasteiger partial charge in [0.2, 0.25) is 0 Å². The van der Waals surface area contributed by atoms with Gasteiger partial charge in [0.25, 0.3) is 5.56 Å². The highest BCUT2D eigenvalue weighted by Gasteiger charge is 2.17. The van der Waals surface area contributed by atoms with Crippen molar-refractivity contribution in [1.82, 2.24) is 9.97 Å². The molecule has 0 bridgehead atoms. The molecule has 3 aromatic carbocycles. The van der Waals surface area contributed by atoms with Crippen molar-refractivity contribution in [3.05, 3.63) is 76.1 Å². The second-order valence-corrected chi connectivity index (χ2v) is 5.75. The number of fused-ring (bicyclic) bond motifs is 2. The molecule has 4 rings (SSSR count). The molecular formula is C19H10F2N2O3. The van der Waals surface area contributed by atoms with E-state index in [0.29, 0.717) is 5.39 Å². The summed E-state index contributed by atoms with van der Waals surface area (Å²) in [6, 6.07) is 11.8. The highest BCUT2D eigenvalue weighted by Crippen LogP contribution is 2.27. The molecule has 0 amide bonds. The molecule has 0 radical (unpaired) electrons. The number of H-pyrrole nitrogens is 1.